The van der Waals surface area contributed by atoms with Gasteiger partial charge in [-0.15, -0.1) is 0 Å². The lowest BCUT2D eigenvalue weighted by molar-refractivity contribution is -0.154. The Labute approximate surface area is 123 Å². The average molecular weight is 314 g/mol. The number of aryl methyl sites for hydroxylation is 1. The molecule has 0 amide bonds. The predicted molar refractivity (Wildman–Crippen MR) is 71.4 cm³/mol. The lowest BCUT2D eigenvalue weighted by atomic mass is 10.2. The van der Waals surface area contributed by atoms with Crippen LogP contribution in [0.4, 0.5) is 13.2 Å². The van der Waals surface area contributed by atoms with Crippen molar-refractivity contribution in [1.29, 1.82) is 0 Å². The van der Waals surface area contributed by atoms with Gasteiger partial charge in [0, 0.05) is 30.6 Å². The summed E-state index contributed by atoms with van der Waals surface area (Å²) in [5.74, 6) is 0. The molecule has 0 saturated carbocycles. The summed E-state index contributed by atoms with van der Waals surface area (Å²) in [6.45, 7) is 0.934. The molecule has 2 aromatic heterocycles. The van der Waals surface area contributed by atoms with Crippen LogP contribution in [0, 0.1) is 0 Å². The first-order chi connectivity index (χ1) is 10.4. The highest BCUT2D eigenvalue weighted by molar-refractivity contribution is 5.55. The lowest BCUT2D eigenvalue weighted by Crippen LogP contribution is -2.22. The van der Waals surface area contributed by atoms with Crippen LogP contribution in [0.2, 0.25) is 0 Å². The molecule has 0 fully saturated rings. The maximum absolute atomic E-state index is 12.0. The Kier molecular flexibility index (Phi) is 4.74. The Morgan fingerprint density at radius 1 is 1.23 bits per heavy atom. The maximum Gasteiger partial charge on any atom is 0.422 e. The van der Waals surface area contributed by atoms with Crippen LogP contribution < -0.4 is 10.3 Å². The Bertz CT molecular complexity index is 683. The summed E-state index contributed by atoms with van der Waals surface area (Å²) >= 11 is 0. The van der Waals surface area contributed by atoms with E-state index >= 15 is 0 Å². The highest BCUT2D eigenvalue weighted by atomic mass is 19.4. The molecule has 22 heavy (non-hydrogen) atoms. The van der Waals surface area contributed by atoms with E-state index in [1.807, 2.05) is 6.92 Å². The van der Waals surface area contributed by atoms with Gasteiger partial charge < -0.3 is 4.74 Å². The van der Waals surface area contributed by atoms with Gasteiger partial charge in [-0.05, 0) is 12.5 Å². The zero-order chi connectivity index (χ0) is 16.2. The van der Waals surface area contributed by atoms with E-state index in [0.717, 1.165) is 6.42 Å². The van der Waals surface area contributed by atoms with Gasteiger partial charge in [-0.2, -0.15) is 18.3 Å². The van der Waals surface area contributed by atoms with Crippen molar-refractivity contribution in [2.75, 3.05) is 6.61 Å². The molecule has 9 heteroatoms. The Morgan fingerprint density at radius 3 is 2.50 bits per heavy atom. The smallest absolute Gasteiger partial charge is 0.422 e. The minimum absolute atomic E-state index is 0.225. The van der Waals surface area contributed by atoms with E-state index in [1.165, 1.54) is 29.2 Å². The zero-order valence-electron chi connectivity index (χ0n) is 11.7. The Balaban J connectivity index is 2.16. The monoisotopic (exact) mass is 314 g/mol. The summed E-state index contributed by atoms with van der Waals surface area (Å²) in [5, 5.41) is 4.15. The second-order valence-corrected chi connectivity index (χ2v) is 4.44. The molecule has 0 bridgehead atoms. The number of halogens is 3. The van der Waals surface area contributed by atoms with E-state index in [2.05, 4.69) is 19.8 Å². The maximum atomic E-state index is 12.0. The summed E-state index contributed by atoms with van der Waals surface area (Å²) in [7, 11) is 0. The molecule has 0 radical (unpaired) electrons. The number of hydrogen-bond acceptors (Lipinski definition) is 5. The van der Waals surface area contributed by atoms with Gasteiger partial charge in [0.15, 0.2) is 6.61 Å². The third kappa shape index (κ3) is 4.27. The van der Waals surface area contributed by atoms with E-state index in [4.69, 9.17) is 0 Å². The molecule has 0 aliphatic carbocycles. The quantitative estimate of drug-likeness (QED) is 0.845. The van der Waals surface area contributed by atoms with Crippen molar-refractivity contribution in [3.63, 3.8) is 0 Å². The van der Waals surface area contributed by atoms with Gasteiger partial charge in [-0.1, -0.05) is 6.92 Å². The van der Waals surface area contributed by atoms with Crippen LogP contribution in [0.5, 0.6) is 6.01 Å². The summed E-state index contributed by atoms with van der Waals surface area (Å²) in [4.78, 5) is 19.0. The molecular formula is C13H13F3N4O2. The molecule has 2 heterocycles. The molecule has 0 aromatic carbocycles. The van der Waals surface area contributed by atoms with E-state index in [1.54, 1.807) is 0 Å². The first kappa shape index (κ1) is 15.9. The van der Waals surface area contributed by atoms with Gasteiger partial charge in [0.05, 0.1) is 5.69 Å². The van der Waals surface area contributed by atoms with Crippen molar-refractivity contribution in [2.24, 2.45) is 0 Å². The van der Waals surface area contributed by atoms with E-state index in [9.17, 15) is 18.0 Å². The molecule has 0 saturated heterocycles. The second kappa shape index (κ2) is 6.54. The van der Waals surface area contributed by atoms with Crippen molar-refractivity contribution in [1.82, 2.24) is 19.7 Å². The Morgan fingerprint density at radius 2 is 1.91 bits per heavy atom. The zero-order valence-corrected chi connectivity index (χ0v) is 11.7. The van der Waals surface area contributed by atoms with Crippen LogP contribution in [0.1, 0.15) is 13.3 Å². The molecule has 0 spiro atoms. The average Bonchev–Trinajstić information content (AvgIpc) is 2.47. The van der Waals surface area contributed by atoms with Crippen LogP contribution in [0.25, 0.3) is 11.3 Å². The van der Waals surface area contributed by atoms with Crippen LogP contribution in [-0.4, -0.2) is 32.5 Å². The molecule has 6 nitrogen and oxygen atoms in total. The van der Waals surface area contributed by atoms with Crippen molar-refractivity contribution in [2.45, 2.75) is 26.1 Å². The molecule has 0 atom stereocenters. The first-order valence-electron chi connectivity index (χ1n) is 6.49. The SMILES string of the molecule is CCCn1nc(-c2cnc(OCC(F)(F)F)nc2)ccc1=O. The molecule has 0 aliphatic heterocycles. The molecule has 2 aromatic rings. The molecule has 2 rings (SSSR count). The van der Waals surface area contributed by atoms with E-state index in [-0.39, 0.29) is 11.6 Å². The number of nitrogens with zero attached hydrogens (tertiary/aromatic N) is 4. The van der Waals surface area contributed by atoms with Gasteiger partial charge in [0.25, 0.3) is 5.56 Å². The van der Waals surface area contributed by atoms with Crippen LogP contribution in [0.15, 0.2) is 29.3 Å². The largest absolute Gasteiger partial charge is 0.454 e. The number of aromatic nitrogens is 4. The molecule has 0 N–H and O–H groups in total. The normalized spacial score (nSPS) is 11.5. The van der Waals surface area contributed by atoms with Crippen LogP contribution in [0.3, 0.4) is 0 Å². The number of rotatable bonds is 5. The third-order valence-corrected chi connectivity index (χ3v) is 2.59. The first-order valence-corrected chi connectivity index (χ1v) is 6.49. The molecule has 0 unspecified atom stereocenters. The van der Waals surface area contributed by atoms with Gasteiger partial charge in [0.1, 0.15) is 0 Å². The van der Waals surface area contributed by atoms with Gasteiger partial charge in [0.2, 0.25) is 0 Å². The number of hydrogen-bond donors (Lipinski definition) is 0. The van der Waals surface area contributed by atoms with Crippen molar-refractivity contribution >= 4 is 0 Å². The standard InChI is InChI=1S/C13H13F3N4O2/c1-2-5-20-11(21)4-3-10(19-20)9-6-17-12(18-7-9)22-8-13(14,15)16/h3-4,6-7H,2,5,8H2,1H3. The summed E-state index contributed by atoms with van der Waals surface area (Å²) < 4.78 is 41.8. The predicted octanol–water partition coefficient (Wildman–Crippen LogP) is 2.05. The minimum atomic E-state index is -4.45. The summed E-state index contributed by atoms with van der Waals surface area (Å²) in [5.41, 5.74) is 0.705. The minimum Gasteiger partial charge on any atom is -0.454 e. The van der Waals surface area contributed by atoms with Crippen molar-refractivity contribution in [3.8, 4) is 17.3 Å². The van der Waals surface area contributed by atoms with Crippen molar-refractivity contribution < 1.29 is 17.9 Å². The topological polar surface area (TPSA) is 69.9 Å². The Hall–Kier alpha value is -2.45. The fourth-order valence-corrected chi connectivity index (χ4v) is 1.64. The molecule has 0 aliphatic rings. The summed E-state index contributed by atoms with van der Waals surface area (Å²) in [6, 6.07) is 2.50. The highest BCUT2D eigenvalue weighted by Crippen LogP contribution is 2.18. The lowest BCUT2D eigenvalue weighted by Gasteiger charge is -2.08. The highest BCUT2D eigenvalue weighted by Gasteiger charge is 2.28. The fourth-order valence-electron chi connectivity index (χ4n) is 1.64. The second-order valence-electron chi connectivity index (χ2n) is 4.44. The van der Waals surface area contributed by atoms with E-state index in [0.29, 0.717) is 17.8 Å². The summed E-state index contributed by atoms with van der Waals surface area (Å²) in [6.07, 6.45) is -1.11. The number of ether oxygens (including phenoxy) is 1. The molecular weight excluding hydrogens is 301 g/mol. The third-order valence-electron chi connectivity index (χ3n) is 2.59. The van der Waals surface area contributed by atoms with E-state index < -0.39 is 12.8 Å². The van der Waals surface area contributed by atoms with Gasteiger partial charge >= 0.3 is 12.2 Å². The van der Waals surface area contributed by atoms with Gasteiger partial charge in [-0.25, -0.2) is 14.6 Å². The molecule has 118 valence electrons. The van der Waals surface area contributed by atoms with Gasteiger partial charge in [-0.3, -0.25) is 4.79 Å². The van der Waals surface area contributed by atoms with Crippen LogP contribution >= 0.6 is 0 Å². The van der Waals surface area contributed by atoms with Crippen molar-refractivity contribution in [3.05, 3.63) is 34.9 Å². The number of alkyl halides is 3. The van der Waals surface area contributed by atoms with Crippen LogP contribution in [-0.2, 0) is 6.54 Å². The fraction of sp³-hybridized carbons (Fsp3) is 0.385.